The lowest BCUT2D eigenvalue weighted by molar-refractivity contribution is 0.384. The third kappa shape index (κ3) is 4.35. The van der Waals surface area contributed by atoms with Crippen LogP contribution in [0.15, 0.2) is 58.8 Å². The minimum absolute atomic E-state index is 0.356. The highest BCUT2D eigenvalue weighted by Crippen LogP contribution is 2.27. The lowest BCUT2D eigenvalue weighted by Crippen LogP contribution is -2.48. The van der Waals surface area contributed by atoms with Crippen LogP contribution in [0, 0.1) is 6.92 Å². The van der Waals surface area contributed by atoms with E-state index >= 15 is 0 Å². The van der Waals surface area contributed by atoms with Crippen molar-refractivity contribution in [2.24, 2.45) is 0 Å². The van der Waals surface area contributed by atoms with Gasteiger partial charge in [0.05, 0.1) is 17.7 Å². The maximum Gasteiger partial charge on any atom is 0.243 e. The van der Waals surface area contributed by atoms with E-state index in [-0.39, 0.29) is 0 Å². The van der Waals surface area contributed by atoms with Crippen LogP contribution in [0.1, 0.15) is 16.8 Å². The Balaban J connectivity index is 1.40. The van der Waals surface area contributed by atoms with Gasteiger partial charge in [-0.05, 0) is 25.1 Å². The van der Waals surface area contributed by atoms with E-state index < -0.39 is 10.0 Å². The molecule has 1 aliphatic rings. The summed E-state index contributed by atoms with van der Waals surface area (Å²) < 4.78 is 32.8. The Hall–Kier alpha value is -2.42. The third-order valence-electron chi connectivity index (χ3n) is 5.27. The maximum atomic E-state index is 12.9. The molecule has 6 nitrogen and oxygen atoms in total. The molecule has 0 aliphatic carbocycles. The van der Waals surface area contributed by atoms with E-state index in [2.05, 4.69) is 10.3 Å². The number of aromatic nitrogens is 1. The van der Waals surface area contributed by atoms with Gasteiger partial charge in [-0.2, -0.15) is 4.31 Å². The van der Waals surface area contributed by atoms with Crippen LogP contribution in [-0.4, -0.2) is 51.0 Å². The average molecular weight is 444 g/mol. The fraction of sp³-hybridized carbons (Fsp3) is 0.318. The summed E-state index contributed by atoms with van der Waals surface area (Å²) in [4.78, 5) is 7.30. The quantitative estimate of drug-likeness (QED) is 0.583. The second kappa shape index (κ2) is 8.75. The van der Waals surface area contributed by atoms with E-state index in [0.29, 0.717) is 37.5 Å². The Labute approximate surface area is 181 Å². The van der Waals surface area contributed by atoms with Crippen molar-refractivity contribution < 1.29 is 13.2 Å². The van der Waals surface area contributed by atoms with E-state index in [4.69, 9.17) is 9.72 Å². The van der Waals surface area contributed by atoms with E-state index in [1.54, 1.807) is 34.9 Å². The molecule has 0 bridgehead atoms. The molecule has 1 fully saturated rings. The number of piperazine rings is 1. The summed E-state index contributed by atoms with van der Waals surface area (Å²) >= 11 is 1.60. The van der Waals surface area contributed by atoms with Crippen molar-refractivity contribution in [1.29, 1.82) is 0 Å². The van der Waals surface area contributed by atoms with Crippen LogP contribution in [0.2, 0.25) is 0 Å². The van der Waals surface area contributed by atoms with Gasteiger partial charge in [-0.3, -0.25) is 0 Å². The van der Waals surface area contributed by atoms with Crippen LogP contribution in [-0.2, 0) is 16.4 Å². The second-order valence-corrected chi connectivity index (χ2v) is 10.1. The third-order valence-corrected chi connectivity index (χ3v) is 8.13. The first-order valence-corrected chi connectivity index (χ1v) is 12.2. The molecular weight excluding hydrogens is 418 g/mol. The van der Waals surface area contributed by atoms with Crippen molar-refractivity contribution >= 4 is 26.5 Å². The van der Waals surface area contributed by atoms with Gasteiger partial charge in [-0.25, -0.2) is 13.4 Å². The number of para-hydroxylation sites is 1. The molecule has 158 valence electrons. The lowest BCUT2D eigenvalue weighted by Gasteiger charge is -2.33. The van der Waals surface area contributed by atoms with E-state index in [1.165, 1.54) is 0 Å². The molecule has 4 rings (SSSR count). The number of hydrogen-bond donors (Lipinski definition) is 0. The molecule has 1 aliphatic heterocycles. The van der Waals surface area contributed by atoms with Crippen molar-refractivity contribution in [3.05, 3.63) is 70.7 Å². The first-order valence-electron chi connectivity index (χ1n) is 9.85. The van der Waals surface area contributed by atoms with Gasteiger partial charge in [-0.15, -0.1) is 11.3 Å². The van der Waals surface area contributed by atoms with Crippen LogP contribution in [0.4, 0.5) is 5.13 Å². The summed E-state index contributed by atoms with van der Waals surface area (Å²) in [6.07, 6.45) is 0.711. The summed E-state index contributed by atoms with van der Waals surface area (Å²) in [7, 11) is -1.78. The minimum atomic E-state index is -3.45. The number of methoxy groups -OCH3 is 1. The zero-order valence-corrected chi connectivity index (χ0v) is 18.7. The lowest BCUT2D eigenvalue weighted by atomic mass is 10.1. The number of aryl methyl sites for hydroxylation is 1. The SMILES string of the molecule is COc1ccccc1Cc1csc(N2CCN(S(=O)(=O)c3ccc(C)cc3)CC2)n1. The molecular formula is C22H25N3O3S2. The Morgan fingerprint density at radius 1 is 1.03 bits per heavy atom. The molecule has 8 heteroatoms. The minimum Gasteiger partial charge on any atom is -0.496 e. The molecule has 0 amide bonds. The van der Waals surface area contributed by atoms with Gasteiger partial charge in [0.2, 0.25) is 10.0 Å². The zero-order chi connectivity index (χ0) is 21.1. The number of rotatable bonds is 6. The molecule has 30 heavy (non-hydrogen) atoms. The molecule has 3 aromatic rings. The predicted octanol–water partition coefficient (Wildman–Crippen LogP) is 3.56. The smallest absolute Gasteiger partial charge is 0.243 e. The van der Waals surface area contributed by atoms with Gasteiger partial charge in [0.15, 0.2) is 5.13 Å². The number of sulfonamides is 1. The molecule has 2 heterocycles. The van der Waals surface area contributed by atoms with Gasteiger partial charge in [0, 0.05) is 43.5 Å². The Morgan fingerprint density at radius 2 is 1.73 bits per heavy atom. The van der Waals surface area contributed by atoms with Crippen LogP contribution in [0.25, 0.3) is 0 Å². The summed E-state index contributed by atoms with van der Waals surface area (Å²) in [5.41, 5.74) is 3.14. The predicted molar refractivity (Wildman–Crippen MR) is 120 cm³/mol. The van der Waals surface area contributed by atoms with Crippen LogP contribution < -0.4 is 9.64 Å². The van der Waals surface area contributed by atoms with Crippen molar-refractivity contribution in [1.82, 2.24) is 9.29 Å². The average Bonchev–Trinajstić information content (AvgIpc) is 3.23. The second-order valence-electron chi connectivity index (χ2n) is 7.31. The van der Waals surface area contributed by atoms with Gasteiger partial charge in [0.1, 0.15) is 5.75 Å². The van der Waals surface area contributed by atoms with Crippen LogP contribution in [0.5, 0.6) is 5.75 Å². The summed E-state index contributed by atoms with van der Waals surface area (Å²) in [6, 6.07) is 15.0. The van der Waals surface area contributed by atoms with Gasteiger partial charge >= 0.3 is 0 Å². The largest absolute Gasteiger partial charge is 0.496 e. The number of thiazole rings is 1. The summed E-state index contributed by atoms with van der Waals surface area (Å²) in [6.45, 7) is 4.12. The van der Waals surface area contributed by atoms with Crippen molar-refractivity contribution in [2.75, 3.05) is 38.2 Å². The molecule has 1 aromatic heterocycles. The number of hydrogen-bond acceptors (Lipinski definition) is 6. The summed E-state index contributed by atoms with van der Waals surface area (Å²) in [5, 5.41) is 3.00. The van der Waals surface area contributed by atoms with E-state index in [0.717, 1.165) is 27.7 Å². The molecule has 0 spiro atoms. The van der Waals surface area contributed by atoms with Crippen LogP contribution >= 0.6 is 11.3 Å². The maximum absolute atomic E-state index is 12.9. The summed E-state index contributed by atoms with van der Waals surface area (Å²) in [5.74, 6) is 0.863. The highest BCUT2D eigenvalue weighted by molar-refractivity contribution is 7.89. The Morgan fingerprint density at radius 3 is 2.43 bits per heavy atom. The fourth-order valence-electron chi connectivity index (χ4n) is 3.55. The highest BCUT2D eigenvalue weighted by Gasteiger charge is 2.29. The van der Waals surface area contributed by atoms with Crippen LogP contribution in [0.3, 0.4) is 0 Å². The fourth-order valence-corrected chi connectivity index (χ4v) is 5.85. The van der Waals surface area contributed by atoms with Gasteiger partial charge < -0.3 is 9.64 Å². The Bertz CT molecular complexity index is 1100. The molecule has 0 atom stereocenters. The van der Waals surface area contributed by atoms with Gasteiger partial charge in [-0.1, -0.05) is 35.9 Å². The number of benzene rings is 2. The van der Waals surface area contributed by atoms with Crippen molar-refractivity contribution in [3.8, 4) is 5.75 Å². The molecule has 0 radical (unpaired) electrons. The van der Waals surface area contributed by atoms with E-state index in [1.807, 2.05) is 43.3 Å². The molecule has 2 aromatic carbocycles. The highest BCUT2D eigenvalue weighted by atomic mass is 32.2. The molecule has 1 saturated heterocycles. The topological polar surface area (TPSA) is 62.7 Å². The number of ether oxygens (including phenoxy) is 1. The molecule has 0 saturated carbocycles. The van der Waals surface area contributed by atoms with Crippen molar-refractivity contribution in [2.45, 2.75) is 18.2 Å². The number of anilines is 1. The van der Waals surface area contributed by atoms with Gasteiger partial charge in [0.25, 0.3) is 0 Å². The van der Waals surface area contributed by atoms with E-state index in [9.17, 15) is 8.42 Å². The first-order chi connectivity index (χ1) is 14.5. The number of nitrogens with zero attached hydrogens (tertiary/aromatic N) is 3. The standard InChI is InChI=1S/C22H25N3O3S2/c1-17-7-9-20(10-8-17)30(26,27)25-13-11-24(12-14-25)22-23-19(16-29-22)15-18-5-3-4-6-21(18)28-2/h3-10,16H,11-15H2,1-2H3. The monoisotopic (exact) mass is 443 g/mol. The normalized spacial score (nSPS) is 15.3. The Kier molecular flexibility index (Phi) is 6.08. The first kappa shape index (κ1) is 20.8. The molecule has 0 N–H and O–H groups in total. The molecule has 0 unspecified atom stereocenters. The zero-order valence-electron chi connectivity index (χ0n) is 17.1. The van der Waals surface area contributed by atoms with Crippen molar-refractivity contribution in [3.63, 3.8) is 0 Å².